The number of anilines is 1. The first-order valence-corrected chi connectivity index (χ1v) is 8.10. The lowest BCUT2D eigenvalue weighted by molar-refractivity contribution is -0.125. The molecular weight excluding hydrogens is 360 g/mol. The van der Waals surface area contributed by atoms with Gasteiger partial charge in [-0.05, 0) is 36.0 Å². The van der Waals surface area contributed by atoms with Crippen molar-refractivity contribution >= 4 is 50.5 Å². The van der Waals surface area contributed by atoms with Gasteiger partial charge >= 0.3 is 5.97 Å². The van der Waals surface area contributed by atoms with Gasteiger partial charge in [-0.15, -0.1) is 0 Å². The van der Waals surface area contributed by atoms with E-state index in [0.29, 0.717) is 23.1 Å². The van der Waals surface area contributed by atoms with Crippen molar-refractivity contribution in [1.82, 2.24) is 4.90 Å². The van der Waals surface area contributed by atoms with Crippen molar-refractivity contribution in [3.8, 4) is 0 Å². The van der Waals surface area contributed by atoms with E-state index in [2.05, 4.69) is 26.0 Å². The molecule has 8 heteroatoms. The summed E-state index contributed by atoms with van der Waals surface area (Å²) >= 11 is 4.16. The zero-order valence-electron chi connectivity index (χ0n) is 11.2. The molecule has 1 N–H and O–H groups in total. The number of nitrogens with one attached hydrogen (secondary N) is 1. The third-order valence-electron chi connectivity index (χ3n) is 2.84. The molecule has 112 valence electrons. The average Bonchev–Trinajstić information content (AvgIpc) is 2.75. The molecule has 1 heterocycles. The molecule has 0 spiro atoms. The number of alkyl halides is 1. The summed E-state index contributed by atoms with van der Waals surface area (Å²) in [5.74, 6) is -0.687. The first-order valence-electron chi connectivity index (χ1n) is 6.09. The summed E-state index contributed by atoms with van der Waals surface area (Å²) in [6.07, 6.45) is 0. The number of hydrogen-bond acceptors (Lipinski definition) is 6. The molecule has 1 aromatic carbocycles. The SMILES string of the molecule is COC(=O)c1ccc(NC2SC(=O)N(CCBr)C2=O)cc1. The standard InChI is InChI=1S/C13H13BrN2O4S/c1-20-12(18)8-2-4-9(5-3-8)15-10-11(17)16(7-6-14)13(19)21-10/h2-5,10,15H,6-7H2,1H3. The van der Waals surface area contributed by atoms with Crippen molar-refractivity contribution in [2.24, 2.45) is 0 Å². The molecule has 2 rings (SSSR count). The molecular formula is C13H13BrN2O4S. The van der Waals surface area contributed by atoms with Gasteiger partial charge in [0.15, 0.2) is 5.37 Å². The first kappa shape index (κ1) is 15.8. The largest absolute Gasteiger partial charge is 0.465 e. The number of thioether (sulfide) groups is 1. The Morgan fingerprint density at radius 2 is 2.05 bits per heavy atom. The summed E-state index contributed by atoms with van der Waals surface area (Å²) in [4.78, 5) is 36.3. The summed E-state index contributed by atoms with van der Waals surface area (Å²) in [6, 6.07) is 6.52. The summed E-state index contributed by atoms with van der Waals surface area (Å²) in [5.41, 5.74) is 1.08. The van der Waals surface area contributed by atoms with Crippen LogP contribution in [0.25, 0.3) is 0 Å². The van der Waals surface area contributed by atoms with E-state index in [4.69, 9.17) is 0 Å². The van der Waals surface area contributed by atoms with Crippen LogP contribution in [-0.2, 0) is 9.53 Å². The number of benzene rings is 1. The fourth-order valence-electron chi connectivity index (χ4n) is 1.80. The second kappa shape index (κ2) is 6.95. The van der Waals surface area contributed by atoms with Gasteiger partial charge in [-0.3, -0.25) is 14.5 Å². The second-order valence-corrected chi connectivity index (χ2v) is 6.01. The minimum absolute atomic E-state index is 0.261. The lowest BCUT2D eigenvalue weighted by Crippen LogP contribution is -2.35. The van der Waals surface area contributed by atoms with Gasteiger partial charge in [0.2, 0.25) is 0 Å². The Morgan fingerprint density at radius 1 is 1.38 bits per heavy atom. The number of nitrogens with zero attached hydrogens (tertiary/aromatic N) is 1. The van der Waals surface area contributed by atoms with E-state index in [1.54, 1.807) is 24.3 Å². The molecule has 0 radical (unpaired) electrons. The lowest BCUT2D eigenvalue weighted by atomic mass is 10.2. The molecule has 1 aromatic rings. The molecule has 0 aliphatic carbocycles. The number of amides is 2. The Morgan fingerprint density at radius 3 is 2.62 bits per heavy atom. The highest BCUT2D eigenvalue weighted by Crippen LogP contribution is 2.28. The normalized spacial score (nSPS) is 18.0. The number of methoxy groups -OCH3 is 1. The Bertz CT molecular complexity index is 564. The molecule has 0 saturated carbocycles. The number of carbonyl (C=O) groups is 3. The molecule has 1 unspecified atom stereocenters. The van der Waals surface area contributed by atoms with Crippen LogP contribution < -0.4 is 5.32 Å². The Kier molecular flexibility index (Phi) is 5.24. The smallest absolute Gasteiger partial charge is 0.337 e. The van der Waals surface area contributed by atoms with Crippen molar-refractivity contribution in [3.63, 3.8) is 0 Å². The minimum Gasteiger partial charge on any atom is -0.465 e. The maximum Gasteiger partial charge on any atom is 0.337 e. The van der Waals surface area contributed by atoms with Gasteiger partial charge in [-0.2, -0.15) is 0 Å². The number of esters is 1. The predicted octanol–water partition coefficient (Wildman–Crippen LogP) is 2.30. The van der Waals surface area contributed by atoms with Crippen molar-refractivity contribution in [3.05, 3.63) is 29.8 Å². The lowest BCUT2D eigenvalue weighted by Gasteiger charge is -2.13. The van der Waals surface area contributed by atoms with Crippen LogP contribution in [0, 0.1) is 0 Å². The van der Waals surface area contributed by atoms with Crippen LogP contribution in [0.15, 0.2) is 24.3 Å². The van der Waals surface area contributed by atoms with Gasteiger partial charge in [0.05, 0.1) is 12.7 Å². The summed E-state index contributed by atoms with van der Waals surface area (Å²) in [5, 5.41) is 2.62. The fraction of sp³-hybridized carbons (Fsp3) is 0.308. The van der Waals surface area contributed by atoms with E-state index >= 15 is 0 Å². The quantitative estimate of drug-likeness (QED) is 0.631. The highest BCUT2D eigenvalue weighted by atomic mass is 79.9. The summed E-state index contributed by atoms with van der Waals surface area (Å²) in [6.45, 7) is 0.351. The van der Waals surface area contributed by atoms with E-state index in [9.17, 15) is 14.4 Å². The molecule has 1 fully saturated rings. The van der Waals surface area contributed by atoms with Gasteiger partial charge in [-0.1, -0.05) is 15.9 Å². The number of rotatable bonds is 5. The maximum absolute atomic E-state index is 12.1. The molecule has 21 heavy (non-hydrogen) atoms. The number of halogens is 1. The maximum atomic E-state index is 12.1. The van der Waals surface area contributed by atoms with Gasteiger partial charge < -0.3 is 10.1 Å². The van der Waals surface area contributed by atoms with Crippen LogP contribution in [0.3, 0.4) is 0 Å². The fourth-order valence-corrected chi connectivity index (χ4v) is 3.08. The Hall–Kier alpha value is -1.54. The van der Waals surface area contributed by atoms with Crippen LogP contribution in [0.1, 0.15) is 10.4 Å². The zero-order chi connectivity index (χ0) is 15.4. The molecule has 1 aliphatic heterocycles. The predicted molar refractivity (Wildman–Crippen MR) is 83.7 cm³/mol. The number of imide groups is 1. The summed E-state index contributed by atoms with van der Waals surface area (Å²) in [7, 11) is 1.31. The van der Waals surface area contributed by atoms with Crippen molar-refractivity contribution in [1.29, 1.82) is 0 Å². The van der Waals surface area contributed by atoms with Crippen LogP contribution in [0.2, 0.25) is 0 Å². The van der Waals surface area contributed by atoms with Crippen molar-refractivity contribution < 1.29 is 19.1 Å². The molecule has 1 saturated heterocycles. The zero-order valence-corrected chi connectivity index (χ0v) is 13.6. The van der Waals surface area contributed by atoms with Gasteiger partial charge in [0, 0.05) is 17.6 Å². The number of carbonyl (C=O) groups excluding carboxylic acids is 3. The second-order valence-electron chi connectivity index (χ2n) is 4.16. The minimum atomic E-state index is -0.638. The highest BCUT2D eigenvalue weighted by Gasteiger charge is 2.39. The third-order valence-corrected chi connectivity index (χ3v) is 4.17. The topological polar surface area (TPSA) is 75.7 Å². The average molecular weight is 373 g/mol. The van der Waals surface area contributed by atoms with E-state index in [-0.39, 0.29) is 11.1 Å². The number of hydrogen-bond donors (Lipinski definition) is 1. The van der Waals surface area contributed by atoms with Crippen molar-refractivity contribution in [2.45, 2.75) is 5.37 Å². The van der Waals surface area contributed by atoms with E-state index < -0.39 is 11.3 Å². The van der Waals surface area contributed by atoms with Gasteiger partial charge in [-0.25, -0.2) is 4.79 Å². The van der Waals surface area contributed by atoms with Crippen LogP contribution >= 0.6 is 27.7 Å². The molecule has 2 amide bonds. The molecule has 1 atom stereocenters. The van der Waals surface area contributed by atoms with E-state index in [0.717, 1.165) is 11.8 Å². The van der Waals surface area contributed by atoms with Gasteiger partial charge in [0.1, 0.15) is 0 Å². The molecule has 0 bridgehead atoms. The van der Waals surface area contributed by atoms with Gasteiger partial charge in [0.25, 0.3) is 11.1 Å². The third kappa shape index (κ3) is 3.56. The molecule has 1 aliphatic rings. The highest BCUT2D eigenvalue weighted by molar-refractivity contribution is 9.09. The van der Waals surface area contributed by atoms with Crippen LogP contribution in [0.4, 0.5) is 10.5 Å². The van der Waals surface area contributed by atoms with Crippen LogP contribution in [-0.4, -0.2) is 46.4 Å². The van der Waals surface area contributed by atoms with E-state index in [1.807, 2.05) is 0 Å². The molecule has 0 aromatic heterocycles. The monoisotopic (exact) mass is 372 g/mol. The van der Waals surface area contributed by atoms with E-state index in [1.165, 1.54) is 12.0 Å². The van der Waals surface area contributed by atoms with Crippen LogP contribution in [0.5, 0.6) is 0 Å². The Labute approximate surface area is 134 Å². The summed E-state index contributed by atoms with van der Waals surface area (Å²) < 4.78 is 4.61. The number of ether oxygens (including phenoxy) is 1. The van der Waals surface area contributed by atoms with Crippen molar-refractivity contribution in [2.75, 3.05) is 24.3 Å². The first-order chi connectivity index (χ1) is 10.1. The molecule has 6 nitrogen and oxygen atoms in total. The Balaban J connectivity index is 2.04.